The molecule has 0 saturated carbocycles. The fourth-order valence-corrected chi connectivity index (χ4v) is 1.01. The third-order valence-corrected chi connectivity index (χ3v) is 1.98. The molecule has 0 aliphatic heterocycles. The Labute approximate surface area is 90.0 Å². The van der Waals surface area contributed by atoms with E-state index in [1.807, 2.05) is 0 Å². The number of nitrogens with zero attached hydrogens (tertiary/aromatic N) is 2. The summed E-state index contributed by atoms with van der Waals surface area (Å²) >= 11 is 0. The van der Waals surface area contributed by atoms with E-state index in [1.165, 1.54) is 16.7 Å². The van der Waals surface area contributed by atoms with Gasteiger partial charge in [0.25, 0.3) is 0 Å². The van der Waals surface area contributed by atoms with Crippen LogP contribution in [0.25, 0.3) is 0 Å². The molecule has 1 N–H and O–H groups in total. The molecule has 0 aromatic heterocycles. The third-order valence-electron chi connectivity index (χ3n) is 1.98. The van der Waals surface area contributed by atoms with Crippen molar-refractivity contribution in [1.29, 1.82) is 0 Å². The molecule has 0 atom stereocenters. The molecule has 0 spiro atoms. The molecule has 0 bridgehead atoms. The average Bonchev–Trinajstić information content (AvgIpc) is 2.17. The van der Waals surface area contributed by atoms with E-state index < -0.39 is 0 Å². The smallest absolute Gasteiger partial charge is 0.242 e. The molecule has 0 radical (unpaired) electrons. The maximum absolute atomic E-state index is 11.6. The van der Waals surface area contributed by atoms with Gasteiger partial charge >= 0.3 is 0 Å². The van der Waals surface area contributed by atoms with Gasteiger partial charge in [0.15, 0.2) is 0 Å². The first kappa shape index (κ1) is 13.6. The van der Waals surface area contributed by atoms with E-state index in [4.69, 9.17) is 5.11 Å². The number of rotatable bonds is 6. The van der Waals surface area contributed by atoms with Gasteiger partial charge in [-0.2, -0.15) is 0 Å². The van der Waals surface area contributed by atoms with Crippen LogP contribution in [0.2, 0.25) is 0 Å². The predicted molar refractivity (Wildman–Crippen MR) is 57.2 cm³/mol. The van der Waals surface area contributed by atoms with Gasteiger partial charge in [0.05, 0.1) is 13.2 Å². The number of aliphatic hydroxyl groups excluding tert-OH is 1. The highest BCUT2D eigenvalue weighted by molar-refractivity contribution is 5.83. The predicted octanol–water partition coefficient (Wildman–Crippen LogP) is -0.528. The Kier molecular flexibility index (Phi) is 6.37. The Morgan fingerprint density at radius 1 is 1.47 bits per heavy atom. The summed E-state index contributed by atoms with van der Waals surface area (Å²) < 4.78 is 0. The lowest BCUT2D eigenvalue weighted by molar-refractivity contribution is -0.138. The zero-order chi connectivity index (χ0) is 11.8. The first-order chi connectivity index (χ1) is 7.02. The first-order valence-corrected chi connectivity index (χ1v) is 4.74. The minimum absolute atomic E-state index is 0.0309. The number of amides is 2. The number of likely N-dealkylation sites (N-methyl/N-ethyl adjacent to an activating group) is 1. The van der Waals surface area contributed by atoms with E-state index in [-0.39, 0.29) is 31.5 Å². The monoisotopic (exact) mass is 214 g/mol. The number of carbonyl (C=O) groups is 2. The van der Waals surface area contributed by atoms with Crippen molar-refractivity contribution in [2.45, 2.75) is 6.92 Å². The lowest BCUT2D eigenvalue weighted by Gasteiger charge is -2.23. The lowest BCUT2D eigenvalue weighted by Crippen LogP contribution is -2.41. The van der Waals surface area contributed by atoms with Gasteiger partial charge in [-0.25, -0.2) is 0 Å². The number of hydrogen-bond donors (Lipinski definition) is 1. The second kappa shape index (κ2) is 7.00. The van der Waals surface area contributed by atoms with Crippen LogP contribution in [0.4, 0.5) is 0 Å². The Balaban J connectivity index is 4.24. The molecule has 0 aliphatic rings. The quantitative estimate of drug-likeness (QED) is 0.605. The van der Waals surface area contributed by atoms with Crippen LogP contribution in [-0.4, -0.2) is 60.0 Å². The van der Waals surface area contributed by atoms with Crippen molar-refractivity contribution in [1.82, 2.24) is 9.80 Å². The second-order valence-corrected chi connectivity index (χ2v) is 3.23. The van der Waals surface area contributed by atoms with E-state index in [0.717, 1.165) is 0 Å². The Hall–Kier alpha value is -1.36. The molecular weight excluding hydrogens is 196 g/mol. The molecule has 5 heteroatoms. The third kappa shape index (κ3) is 5.17. The van der Waals surface area contributed by atoms with Crippen LogP contribution in [0.5, 0.6) is 0 Å². The molecule has 2 amide bonds. The van der Waals surface area contributed by atoms with Gasteiger partial charge in [0.1, 0.15) is 0 Å². The summed E-state index contributed by atoms with van der Waals surface area (Å²) in [5.41, 5.74) is 0. The zero-order valence-electron chi connectivity index (χ0n) is 9.27. The van der Waals surface area contributed by atoms with Crippen molar-refractivity contribution in [2.75, 3.05) is 33.3 Å². The molecule has 0 heterocycles. The molecule has 0 unspecified atom stereocenters. The number of carbonyl (C=O) groups excluding carboxylic acids is 2. The maximum Gasteiger partial charge on any atom is 0.242 e. The van der Waals surface area contributed by atoms with Crippen molar-refractivity contribution < 1.29 is 14.7 Å². The second-order valence-electron chi connectivity index (χ2n) is 3.23. The molecule has 0 aromatic rings. The summed E-state index contributed by atoms with van der Waals surface area (Å²) in [6, 6.07) is 0. The summed E-state index contributed by atoms with van der Waals surface area (Å²) in [5, 5.41) is 8.75. The average molecular weight is 214 g/mol. The minimum Gasteiger partial charge on any atom is -0.395 e. The van der Waals surface area contributed by atoms with Crippen LogP contribution >= 0.6 is 0 Å². The van der Waals surface area contributed by atoms with Crippen LogP contribution < -0.4 is 0 Å². The van der Waals surface area contributed by atoms with Crippen molar-refractivity contribution in [3.63, 3.8) is 0 Å². The van der Waals surface area contributed by atoms with Crippen LogP contribution in [0, 0.1) is 0 Å². The van der Waals surface area contributed by atoms with Crippen LogP contribution in [-0.2, 0) is 9.59 Å². The number of aliphatic hydroxyl groups is 1. The van der Waals surface area contributed by atoms with E-state index in [1.54, 1.807) is 13.1 Å². The molecule has 0 aromatic carbocycles. The fraction of sp³-hybridized carbons (Fsp3) is 0.600. The van der Waals surface area contributed by atoms with Gasteiger partial charge in [-0.05, 0) is 0 Å². The minimum atomic E-state index is -0.193. The molecule has 0 aliphatic carbocycles. The van der Waals surface area contributed by atoms with Crippen LogP contribution in [0.1, 0.15) is 6.92 Å². The Bertz CT molecular complexity index is 241. The summed E-state index contributed by atoms with van der Waals surface area (Å²) in [6.45, 7) is 5.50. The summed E-state index contributed by atoms with van der Waals surface area (Å²) in [5.74, 6) is -0.354. The normalized spacial score (nSPS) is 9.53. The Morgan fingerprint density at radius 2 is 2.07 bits per heavy atom. The molecule has 0 fully saturated rings. The largest absolute Gasteiger partial charge is 0.395 e. The number of hydrogen-bond acceptors (Lipinski definition) is 3. The van der Waals surface area contributed by atoms with Gasteiger partial charge in [0, 0.05) is 27.1 Å². The maximum atomic E-state index is 11.6. The van der Waals surface area contributed by atoms with Crippen LogP contribution in [0.3, 0.4) is 0 Å². The zero-order valence-corrected chi connectivity index (χ0v) is 9.27. The van der Waals surface area contributed by atoms with Crippen molar-refractivity contribution in [3.05, 3.63) is 12.7 Å². The van der Waals surface area contributed by atoms with Gasteiger partial charge < -0.3 is 14.9 Å². The molecule has 15 heavy (non-hydrogen) atoms. The fourth-order valence-electron chi connectivity index (χ4n) is 1.01. The van der Waals surface area contributed by atoms with Gasteiger partial charge in [0.2, 0.25) is 11.8 Å². The van der Waals surface area contributed by atoms with Crippen LogP contribution in [0.15, 0.2) is 12.7 Å². The molecular formula is C10H18N2O3. The lowest BCUT2D eigenvalue weighted by atomic mass is 10.4. The Morgan fingerprint density at radius 3 is 2.47 bits per heavy atom. The van der Waals surface area contributed by atoms with Crippen molar-refractivity contribution in [3.8, 4) is 0 Å². The van der Waals surface area contributed by atoms with Gasteiger partial charge in [-0.1, -0.05) is 6.08 Å². The highest BCUT2D eigenvalue weighted by Crippen LogP contribution is 1.93. The van der Waals surface area contributed by atoms with Crippen molar-refractivity contribution in [2.24, 2.45) is 0 Å². The summed E-state index contributed by atoms with van der Waals surface area (Å²) in [4.78, 5) is 25.3. The van der Waals surface area contributed by atoms with E-state index in [2.05, 4.69) is 6.58 Å². The van der Waals surface area contributed by atoms with E-state index in [0.29, 0.717) is 6.54 Å². The topological polar surface area (TPSA) is 60.9 Å². The van der Waals surface area contributed by atoms with Crippen molar-refractivity contribution >= 4 is 11.8 Å². The molecule has 0 rings (SSSR count). The highest BCUT2D eigenvalue weighted by Gasteiger charge is 2.14. The van der Waals surface area contributed by atoms with Gasteiger partial charge in [-0.15, -0.1) is 6.58 Å². The van der Waals surface area contributed by atoms with E-state index in [9.17, 15) is 9.59 Å². The molecule has 86 valence electrons. The highest BCUT2D eigenvalue weighted by atomic mass is 16.3. The standard InChI is InChI=1S/C10H18N2O3/c1-4-5-12(6-7-13)10(15)8-11(3)9(2)14/h4,13H,1,5-8H2,2-3H3. The summed E-state index contributed by atoms with van der Waals surface area (Å²) in [7, 11) is 1.56. The SMILES string of the molecule is C=CCN(CCO)C(=O)CN(C)C(C)=O. The summed E-state index contributed by atoms with van der Waals surface area (Å²) in [6.07, 6.45) is 1.58. The van der Waals surface area contributed by atoms with Gasteiger partial charge in [-0.3, -0.25) is 9.59 Å². The van der Waals surface area contributed by atoms with E-state index >= 15 is 0 Å². The molecule has 0 saturated heterocycles. The first-order valence-electron chi connectivity index (χ1n) is 4.74. The molecule has 5 nitrogen and oxygen atoms in total.